The van der Waals surface area contributed by atoms with Gasteiger partial charge in [-0.1, -0.05) is 0 Å². The van der Waals surface area contributed by atoms with E-state index in [0.29, 0.717) is 10.9 Å². The van der Waals surface area contributed by atoms with Crippen LogP contribution in [0.4, 0.5) is 8.78 Å². The largest absolute Gasteiger partial charge is 0.313 e. The van der Waals surface area contributed by atoms with Crippen molar-refractivity contribution in [2.75, 3.05) is 12.3 Å². The zero-order valence-electron chi connectivity index (χ0n) is 9.88. The normalized spacial score (nSPS) is 17.1. The Morgan fingerprint density at radius 1 is 1.41 bits per heavy atom. The summed E-state index contributed by atoms with van der Waals surface area (Å²) in [4.78, 5) is 0.521. The van der Waals surface area contributed by atoms with E-state index in [1.807, 2.05) is 0 Å². The average Bonchev–Trinajstić information content (AvgIpc) is 3.10. The van der Waals surface area contributed by atoms with Gasteiger partial charge < -0.3 is 5.32 Å². The Kier molecular flexibility index (Phi) is 4.40. The predicted molar refractivity (Wildman–Crippen MR) is 67.3 cm³/mol. The highest BCUT2D eigenvalue weighted by Crippen LogP contribution is 2.32. The molecule has 0 saturated heterocycles. The van der Waals surface area contributed by atoms with E-state index in [1.165, 1.54) is 36.7 Å². The van der Waals surface area contributed by atoms with Crippen LogP contribution in [0.1, 0.15) is 19.8 Å². The van der Waals surface area contributed by atoms with Gasteiger partial charge in [-0.05, 0) is 37.8 Å². The highest BCUT2D eigenvalue weighted by atomic mass is 32.2. The molecule has 2 rings (SSSR count). The summed E-state index contributed by atoms with van der Waals surface area (Å²) < 4.78 is 26.0. The van der Waals surface area contributed by atoms with Gasteiger partial charge in [0.15, 0.2) is 0 Å². The summed E-state index contributed by atoms with van der Waals surface area (Å²) in [6.45, 7) is 3.06. The summed E-state index contributed by atoms with van der Waals surface area (Å²) in [5.41, 5.74) is 0. The average molecular weight is 257 g/mol. The van der Waals surface area contributed by atoms with Crippen LogP contribution in [0.3, 0.4) is 0 Å². The second-order valence-electron chi connectivity index (χ2n) is 4.50. The van der Waals surface area contributed by atoms with Crippen LogP contribution in [0.2, 0.25) is 0 Å². The summed E-state index contributed by atoms with van der Waals surface area (Å²) in [7, 11) is 0. The van der Waals surface area contributed by atoms with Crippen molar-refractivity contribution in [3.05, 3.63) is 29.8 Å². The number of hydrogen-bond acceptors (Lipinski definition) is 2. The van der Waals surface area contributed by atoms with Crippen molar-refractivity contribution in [3.63, 3.8) is 0 Å². The quantitative estimate of drug-likeness (QED) is 0.619. The summed E-state index contributed by atoms with van der Waals surface area (Å²) in [5, 5.41) is 3.43. The van der Waals surface area contributed by atoms with Crippen molar-refractivity contribution in [1.82, 2.24) is 5.32 Å². The first-order chi connectivity index (χ1) is 8.16. The lowest BCUT2D eigenvalue weighted by Crippen LogP contribution is -2.29. The van der Waals surface area contributed by atoms with E-state index in [4.69, 9.17) is 0 Å². The second-order valence-corrected chi connectivity index (χ2v) is 5.64. The molecule has 0 aromatic heterocycles. The number of benzene rings is 1. The Labute approximate surface area is 105 Å². The number of halogens is 2. The number of nitrogens with one attached hydrogen (secondary N) is 1. The van der Waals surface area contributed by atoms with E-state index in [-0.39, 0.29) is 0 Å². The molecule has 1 saturated carbocycles. The Hall–Kier alpha value is -0.610. The molecule has 1 nitrogen and oxygen atoms in total. The molecule has 1 fully saturated rings. The van der Waals surface area contributed by atoms with E-state index < -0.39 is 11.6 Å². The van der Waals surface area contributed by atoms with Gasteiger partial charge in [0.1, 0.15) is 11.6 Å². The monoisotopic (exact) mass is 257 g/mol. The summed E-state index contributed by atoms with van der Waals surface area (Å²) in [6, 6.07) is 4.29. The maximum Gasteiger partial charge on any atom is 0.139 e. The lowest BCUT2D eigenvalue weighted by atomic mass is 10.2. The fourth-order valence-corrected chi connectivity index (χ4v) is 2.60. The Morgan fingerprint density at radius 2 is 2.18 bits per heavy atom. The smallest absolute Gasteiger partial charge is 0.139 e. The van der Waals surface area contributed by atoms with Crippen LogP contribution in [0.5, 0.6) is 0 Å². The highest BCUT2D eigenvalue weighted by molar-refractivity contribution is 7.99. The van der Waals surface area contributed by atoms with Crippen LogP contribution in [0, 0.1) is 17.6 Å². The molecule has 1 unspecified atom stereocenters. The van der Waals surface area contributed by atoms with Gasteiger partial charge in [-0.25, -0.2) is 8.78 Å². The van der Waals surface area contributed by atoms with Crippen molar-refractivity contribution in [3.8, 4) is 0 Å². The summed E-state index contributed by atoms with van der Waals surface area (Å²) in [6.07, 6.45) is 2.65. The maximum absolute atomic E-state index is 13.3. The van der Waals surface area contributed by atoms with Crippen LogP contribution in [-0.2, 0) is 0 Å². The molecule has 0 bridgehead atoms. The molecule has 1 aliphatic carbocycles. The Morgan fingerprint density at radius 3 is 2.82 bits per heavy atom. The fourth-order valence-electron chi connectivity index (χ4n) is 1.80. The molecule has 0 heterocycles. The number of thioether (sulfide) groups is 1. The van der Waals surface area contributed by atoms with Crippen molar-refractivity contribution in [1.29, 1.82) is 0 Å². The molecule has 1 aromatic carbocycles. The van der Waals surface area contributed by atoms with Crippen molar-refractivity contribution < 1.29 is 8.78 Å². The molecule has 0 radical (unpaired) electrons. The van der Waals surface area contributed by atoms with Crippen LogP contribution >= 0.6 is 11.8 Å². The minimum Gasteiger partial charge on any atom is -0.313 e. The third kappa shape index (κ3) is 3.96. The van der Waals surface area contributed by atoms with E-state index >= 15 is 0 Å². The molecule has 0 aliphatic heterocycles. The van der Waals surface area contributed by atoms with E-state index in [0.717, 1.165) is 24.3 Å². The molecule has 1 N–H and O–H groups in total. The van der Waals surface area contributed by atoms with Crippen molar-refractivity contribution in [2.24, 2.45) is 5.92 Å². The van der Waals surface area contributed by atoms with Gasteiger partial charge in [-0.2, -0.15) is 0 Å². The van der Waals surface area contributed by atoms with Crippen LogP contribution in [0.25, 0.3) is 0 Å². The van der Waals surface area contributed by atoms with Gasteiger partial charge in [-0.3, -0.25) is 0 Å². The predicted octanol–water partition coefficient (Wildman–Crippen LogP) is 3.45. The Bertz CT molecular complexity index is 380. The van der Waals surface area contributed by atoms with Gasteiger partial charge in [0.05, 0.1) is 0 Å². The zero-order chi connectivity index (χ0) is 12.3. The number of rotatable bonds is 6. The summed E-state index contributed by atoms with van der Waals surface area (Å²) in [5.74, 6) is 0.653. The molecule has 1 atom stereocenters. The number of hydrogen-bond donors (Lipinski definition) is 1. The third-order valence-electron chi connectivity index (χ3n) is 3.05. The van der Waals surface area contributed by atoms with Gasteiger partial charge in [-0.15, -0.1) is 11.8 Å². The van der Waals surface area contributed by atoms with Gasteiger partial charge >= 0.3 is 0 Å². The molecular formula is C13H17F2NS. The van der Waals surface area contributed by atoms with E-state index in [1.54, 1.807) is 0 Å². The molecule has 1 aromatic rings. The molecule has 4 heteroatoms. The third-order valence-corrected chi connectivity index (χ3v) is 4.10. The SMILES string of the molecule is CC(NCCSc1ccc(F)cc1F)C1CC1. The molecule has 0 spiro atoms. The lowest BCUT2D eigenvalue weighted by molar-refractivity contribution is 0.514. The van der Waals surface area contributed by atoms with Crippen LogP contribution in [0.15, 0.2) is 23.1 Å². The molecule has 94 valence electrons. The topological polar surface area (TPSA) is 12.0 Å². The molecular weight excluding hydrogens is 240 g/mol. The van der Waals surface area contributed by atoms with Gasteiger partial charge in [0.25, 0.3) is 0 Å². The molecule has 0 amide bonds. The van der Waals surface area contributed by atoms with Gasteiger partial charge in [0, 0.05) is 29.3 Å². The van der Waals surface area contributed by atoms with Crippen molar-refractivity contribution in [2.45, 2.75) is 30.7 Å². The maximum atomic E-state index is 13.3. The summed E-state index contributed by atoms with van der Waals surface area (Å²) >= 11 is 1.43. The first kappa shape index (κ1) is 12.8. The second kappa shape index (κ2) is 5.83. The van der Waals surface area contributed by atoms with Crippen LogP contribution in [-0.4, -0.2) is 18.3 Å². The van der Waals surface area contributed by atoms with E-state index in [9.17, 15) is 8.78 Å². The van der Waals surface area contributed by atoms with E-state index in [2.05, 4.69) is 12.2 Å². The first-order valence-electron chi connectivity index (χ1n) is 5.98. The standard InChI is InChI=1S/C13H17F2NS/c1-9(10-2-3-10)16-6-7-17-13-5-4-11(14)8-12(13)15/h4-5,8-10,16H,2-3,6-7H2,1H3. The Balaban J connectivity index is 1.70. The fraction of sp³-hybridized carbons (Fsp3) is 0.538. The highest BCUT2D eigenvalue weighted by Gasteiger charge is 2.27. The minimum absolute atomic E-state index is 0.467. The van der Waals surface area contributed by atoms with Crippen LogP contribution < -0.4 is 5.32 Å². The van der Waals surface area contributed by atoms with Gasteiger partial charge in [0.2, 0.25) is 0 Å². The minimum atomic E-state index is -0.521. The lowest BCUT2D eigenvalue weighted by Gasteiger charge is -2.12. The van der Waals surface area contributed by atoms with Crippen molar-refractivity contribution >= 4 is 11.8 Å². The molecule has 17 heavy (non-hydrogen) atoms. The zero-order valence-corrected chi connectivity index (χ0v) is 10.7. The molecule has 1 aliphatic rings. The first-order valence-corrected chi connectivity index (χ1v) is 6.96.